The minimum atomic E-state index is -0.264. The van der Waals surface area contributed by atoms with Crippen molar-refractivity contribution in [3.63, 3.8) is 0 Å². The van der Waals surface area contributed by atoms with Gasteiger partial charge in [0.2, 0.25) is 11.8 Å². The fraction of sp³-hybridized carbons (Fsp3) is 0.136. The number of pyridine rings is 1. The number of rotatable bonds is 6. The van der Waals surface area contributed by atoms with Crippen LogP contribution in [0.4, 0.5) is 11.4 Å². The second kappa shape index (κ2) is 8.81. The highest BCUT2D eigenvalue weighted by Crippen LogP contribution is 2.18. The zero-order chi connectivity index (χ0) is 19.9. The first kappa shape index (κ1) is 19.1. The van der Waals surface area contributed by atoms with Crippen molar-refractivity contribution in [3.05, 3.63) is 84.1 Å². The van der Waals surface area contributed by atoms with Gasteiger partial charge in [0.25, 0.3) is 5.91 Å². The maximum absolute atomic E-state index is 12.5. The molecule has 6 nitrogen and oxygen atoms in total. The van der Waals surface area contributed by atoms with Gasteiger partial charge in [-0.25, -0.2) is 4.98 Å². The third-order valence-corrected chi connectivity index (χ3v) is 4.21. The number of ether oxygens (including phenoxy) is 1. The number of anilines is 2. The summed E-state index contributed by atoms with van der Waals surface area (Å²) in [6, 6.07) is 20.0. The fourth-order valence-electron chi connectivity index (χ4n) is 2.51. The van der Waals surface area contributed by atoms with Crippen LogP contribution >= 0.6 is 0 Å². The van der Waals surface area contributed by atoms with Crippen molar-refractivity contribution in [1.82, 2.24) is 4.98 Å². The minimum Gasteiger partial charge on any atom is -0.473 e. The number of hydrogen-bond acceptors (Lipinski definition) is 4. The quantitative estimate of drug-likeness (QED) is 0.709. The molecule has 1 aromatic heterocycles. The lowest BCUT2D eigenvalue weighted by atomic mass is 10.2. The first-order valence-electron chi connectivity index (χ1n) is 8.81. The third-order valence-electron chi connectivity index (χ3n) is 4.21. The van der Waals surface area contributed by atoms with Gasteiger partial charge < -0.3 is 15.0 Å². The number of carbonyl (C=O) groups excluding carboxylic acids is 2. The van der Waals surface area contributed by atoms with Gasteiger partial charge in [-0.05, 0) is 35.9 Å². The van der Waals surface area contributed by atoms with E-state index < -0.39 is 0 Å². The highest BCUT2D eigenvalue weighted by Gasteiger charge is 2.10. The van der Waals surface area contributed by atoms with E-state index >= 15 is 0 Å². The van der Waals surface area contributed by atoms with Gasteiger partial charge in [0, 0.05) is 43.2 Å². The lowest BCUT2D eigenvalue weighted by Gasteiger charge is -2.15. The molecule has 0 aliphatic carbocycles. The van der Waals surface area contributed by atoms with Crippen LogP contribution in [0.25, 0.3) is 0 Å². The number of nitrogens with zero attached hydrogens (tertiary/aromatic N) is 2. The zero-order valence-corrected chi connectivity index (χ0v) is 15.8. The maximum atomic E-state index is 12.5. The standard InChI is InChI=1S/C22H21N3O3/c1-16(26)25(2)20-10-8-19(9-11-20)24-22(27)18-12-13-23-21(14-18)28-15-17-6-4-3-5-7-17/h3-14H,15H2,1-2H3,(H,24,27). The second-order valence-electron chi connectivity index (χ2n) is 6.24. The monoisotopic (exact) mass is 375 g/mol. The van der Waals surface area contributed by atoms with Gasteiger partial charge in [-0.3, -0.25) is 9.59 Å². The molecule has 2 amide bonds. The number of amides is 2. The van der Waals surface area contributed by atoms with Crippen molar-refractivity contribution in [3.8, 4) is 5.88 Å². The van der Waals surface area contributed by atoms with Crippen LogP contribution in [-0.2, 0) is 11.4 Å². The Morgan fingerprint density at radius 1 is 1.04 bits per heavy atom. The van der Waals surface area contributed by atoms with Crippen LogP contribution in [0.3, 0.4) is 0 Å². The molecule has 142 valence electrons. The maximum Gasteiger partial charge on any atom is 0.255 e. The molecule has 0 unspecified atom stereocenters. The summed E-state index contributed by atoms with van der Waals surface area (Å²) in [7, 11) is 1.70. The first-order chi connectivity index (χ1) is 13.5. The molecule has 0 saturated carbocycles. The van der Waals surface area contributed by atoms with Gasteiger partial charge in [-0.1, -0.05) is 30.3 Å². The molecule has 3 aromatic rings. The zero-order valence-electron chi connectivity index (χ0n) is 15.8. The molecular weight excluding hydrogens is 354 g/mol. The fourth-order valence-corrected chi connectivity index (χ4v) is 2.51. The summed E-state index contributed by atoms with van der Waals surface area (Å²) in [5, 5.41) is 2.83. The number of aromatic nitrogens is 1. The van der Waals surface area contributed by atoms with Gasteiger partial charge >= 0.3 is 0 Å². The van der Waals surface area contributed by atoms with E-state index in [1.165, 1.54) is 11.8 Å². The minimum absolute atomic E-state index is 0.0587. The van der Waals surface area contributed by atoms with E-state index in [0.29, 0.717) is 23.7 Å². The van der Waals surface area contributed by atoms with Crippen LogP contribution < -0.4 is 15.0 Å². The van der Waals surface area contributed by atoms with Gasteiger partial charge in [0.05, 0.1) is 0 Å². The van der Waals surface area contributed by atoms with Crippen molar-refractivity contribution < 1.29 is 14.3 Å². The molecule has 28 heavy (non-hydrogen) atoms. The normalized spacial score (nSPS) is 10.2. The highest BCUT2D eigenvalue weighted by molar-refractivity contribution is 6.04. The van der Waals surface area contributed by atoms with Gasteiger partial charge in [0.1, 0.15) is 6.61 Å². The Bertz CT molecular complexity index is 956. The summed E-state index contributed by atoms with van der Waals surface area (Å²) in [6.45, 7) is 1.88. The predicted octanol–water partition coefficient (Wildman–Crippen LogP) is 3.90. The number of benzene rings is 2. The van der Waals surface area contributed by atoms with Gasteiger partial charge in [-0.15, -0.1) is 0 Å². The van der Waals surface area contributed by atoms with Gasteiger partial charge in [0.15, 0.2) is 0 Å². The lowest BCUT2D eigenvalue weighted by molar-refractivity contribution is -0.116. The van der Waals surface area contributed by atoms with E-state index in [1.807, 2.05) is 30.3 Å². The molecular formula is C22H21N3O3. The summed E-state index contributed by atoms with van der Waals surface area (Å²) in [5.41, 5.74) is 2.86. The molecule has 0 spiro atoms. The summed E-state index contributed by atoms with van der Waals surface area (Å²) >= 11 is 0. The van der Waals surface area contributed by atoms with Crippen molar-refractivity contribution in [1.29, 1.82) is 0 Å². The smallest absolute Gasteiger partial charge is 0.255 e. The molecule has 0 atom stereocenters. The van der Waals surface area contributed by atoms with E-state index in [4.69, 9.17) is 4.74 Å². The van der Waals surface area contributed by atoms with Crippen molar-refractivity contribution >= 4 is 23.2 Å². The average Bonchev–Trinajstić information content (AvgIpc) is 2.73. The van der Waals surface area contributed by atoms with Crippen LogP contribution in [0.5, 0.6) is 5.88 Å². The Labute approximate surface area is 163 Å². The number of nitrogens with one attached hydrogen (secondary N) is 1. The van der Waals surface area contributed by atoms with E-state index in [2.05, 4.69) is 10.3 Å². The van der Waals surface area contributed by atoms with Crippen molar-refractivity contribution in [2.45, 2.75) is 13.5 Å². The molecule has 3 rings (SSSR count). The van der Waals surface area contributed by atoms with Gasteiger partial charge in [-0.2, -0.15) is 0 Å². The molecule has 0 aliphatic heterocycles. The first-order valence-corrected chi connectivity index (χ1v) is 8.81. The third kappa shape index (κ3) is 4.94. The Morgan fingerprint density at radius 2 is 1.75 bits per heavy atom. The second-order valence-corrected chi connectivity index (χ2v) is 6.24. The molecule has 6 heteroatoms. The van der Waals surface area contributed by atoms with E-state index in [1.54, 1.807) is 49.6 Å². The molecule has 0 saturated heterocycles. The highest BCUT2D eigenvalue weighted by atomic mass is 16.5. The summed E-state index contributed by atoms with van der Waals surface area (Å²) in [4.78, 5) is 29.6. The lowest BCUT2D eigenvalue weighted by Crippen LogP contribution is -2.22. The van der Waals surface area contributed by atoms with Crippen LogP contribution in [0, 0.1) is 0 Å². The number of carbonyl (C=O) groups is 2. The van der Waals surface area contributed by atoms with E-state index in [0.717, 1.165) is 11.3 Å². The Morgan fingerprint density at radius 3 is 2.43 bits per heavy atom. The Hall–Kier alpha value is -3.67. The summed E-state index contributed by atoms with van der Waals surface area (Å²) in [6.07, 6.45) is 1.54. The van der Waals surface area contributed by atoms with Crippen molar-refractivity contribution in [2.75, 3.05) is 17.3 Å². The molecule has 1 heterocycles. The molecule has 2 aromatic carbocycles. The van der Waals surface area contributed by atoms with E-state index in [-0.39, 0.29) is 11.8 Å². The molecule has 0 bridgehead atoms. The largest absolute Gasteiger partial charge is 0.473 e. The van der Waals surface area contributed by atoms with Crippen LogP contribution in [-0.4, -0.2) is 23.8 Å². The predicted molar refractivity (Wildman–Crippen MR) is 108 cm³/mol. The molecule has 0 aliphatic rings. The van der Waals surface area contributed by atoms with Crippen LogP contribution in [0.1, 0.15) is 22.8 Å². The Kier molecular flexibility index (Phi) is 6.01. The van der Waals surface area contributed by atoms with Crippen LogP contribution in [0.15, 0.2) is 72.9 Å². The summed E-state index contributed by atoms with van der Waals surface area (Å²) in [5.74, 6) is 0.0613. The van der Waals surface area contributed by atoms with Crippen LogP contribution in [0.2, 0.25) is 0 Å². The Balaban J connectivity index is 1.63. The average molecular weight is 375 g/mol. The molecule has 0 radical (unpaired) electrons. The van der Waals surface area contributed by atoms with E-state index in [9.17, 15) is 9.59 Å². The molecule has 1 N–H and O–H groups in total. The number of hydrogen-bond donors (Lipinski definition) is 1. The SMILES string of the molecule is CC(=O)N(C)c1ccc(NC(=O)c2ccnc(OCc3ccccc3)c2)cc1. The molecule has 0 fully saturated rings. The van der Waals surface area contributed by atoms with Crippen molar-refractivity contribution in [2.24, 2.45) is 0 Å². The topological polar surface area (TPSA) is 71.5 Å². The summed E-state index contributed by atoms with van der Waals surface area (Å²) < 4.78 is 5.67.